The van der Waals surface area contributed by atoms with Crippen LogP contribution in [-0.2, 0) is 6.54 Å². The Morgan fingerprint density at radius 1 is 1.19 bits per heavy atom. The molecule has 0 aliphatic rings. The molecular formula is C21H19ClN2O3. The molecule has 0 radical (unpaired) electrons. The Morgan fingerprint density at radius 3 is 2.59 bits per heavy atom. The Morgan fingerprint density at radius 2 is 1.93 bits per heavy atom. The number of carbonyl (C=O) groups is 2. The van der Waals surface area contributed by atoms with Crippen molar-refractivity contribution in [2.24, 2.45) is 0 Å². The lowest BCUT2D eigenvalue weighted by atomic mass is 10.1. The highest BCUT2D eigenvalue weighted by molar-refractivity contribution is 6.32. The van der Waals surface area contributed by atoms with Crippen molar-refractivity contribution in [1.29, 1.82) is 0 Å². The summed E-state index contributed by atoms with van der Waals surface area (Å²) in [6.07, 6.45) is 1.55. The van der Waals surface area contributed by atoms with Gasteiger partial charge in [0.2, 0.25) is 5.43 Å². The fraction of sp³-hybridized carbons (Fsp3) is 0.190. The monoisotopic (exact) mass is 382 g/mol. The van der Waals surface area contributed by atoms with Crippen LogP contribution < -0.4 is 10.7 Å². The highest BCUT2D eigenvalue weighted by Crippen LogP contribution is 2.24. The van der Waals surface area contributed by atoms with Gasteiger partial charge in [-0.2, -0.15) is 0 Å². The van der Waals surface area contributed by atoms with E-state index in [1.165, 1.54) is 6.92 Å². The zero-order valence-electron chi connectivity index (χ0n) is 15.3. The molecule has 27 heavy (non-hydrogen) atoms. The Labute approximate surface area is 161 Å². The molecule has 0 atom stereocenters. The number of nitrogens with zero attached hydrogens (tertiary/aromatic N) is 1. The van der Waals surface area contributed by atoms with Crippen molar-refractivity contribution in [1.82, 2.24) is 4.57 Å². The number of hydrogen-bond donors (Lipinski definition) is 1. The van der Waals surface area contributed by atoms with Crippen LogP contribution in [0.25, 0.3) is 10.9 Å². The van der Waals surface area contributed by atoms with E-state index < -0.39 is 5.91 Å². The summed E-state index contributed by atoms with van der Waals surface area (Å²) in [5, 5.41) is 3.73. The number of Topliss-reactive ketones (excluding diaryl/α,β-unsaturated/α-hetero) is 1. The topological polar surface area (TPSA) is 68.2 Å². The highest BCUT2D eigenvalue weighted by atomic mass is 35.5. The number of rotatable bonds is 4. The molecule has 0 fully saturated rings. The van der Waals surface area contributed by atoms with Gasteiger partial charge >= 0.3 is 0 Å². The number of amides is 1. The molecule has 3 rings (SSSR count). The van der Waals surface area contributed by atoms with Gasteiger partial charge in [-0.3, -0.25) is 14.4 Å². The number of pyridine rings is 1. The SMILES string of the molecule is CCn1cc(C(=O)Nc2cccc(C(C)=O)c2)c(=O)c2ccc(Cl)c(C)c21. The number of anilines is 1. The number of nitrogens with one attached hydrogen (secondary N) is 1. The second-order valence-electron chi connectivity index (χ2n) is 6.32. The third-order valence-electron chi connectivity index (χ3n) is 4.54. The summed E-state index contributed by atoms with van der Waals surface area (Å²) < 4.78 is 1.85. The lowest BCUT2D eigenvalue weighted by Gasteiger charge is -2.14. The minimum atomic E-state index is -0.516. The summed E-state index contributed by atoms with van der Waals surface area (Å²) in [5.41, 5.74) is 2.17. The van der Waals surface area contributed by atoms with Crippen LogP contribution in [0.5, 0.6) is 0 Å². The van der Waals surface area contributed by atoms with E-state index in [2.05, 4.69) is 5.32 Å². The summed E-state index contributed by atoms with van der Waals surface area (Å²) in [6.45, 7) is 5.82. The maximum absolute atomic E-state index is 12.9. The molecular weight excluding hydrogens is 364 g/mol. The third-order valence-corrected chi connectivity index (χ3v) is 4.95. The van der Waals surface area contributed by atoms with Crippen molar-refractivity contribution < 1.29 is 9.59 Å². The third kappa shape index (κ3) is 3.51. The average molecular weight is 383 g/mol. The number of benzene rings is 2. The molecule has 1 heterocycles. The number of aryl methyl sites for hydroxylation is 2. The number of fused-ring (bicyclic) bond motifs is 1. The Balaban J connectivity index is 2.09. The molecule has 0 saturated heterocycles. The van der Waals surface area contributed by atoms with Gasteiger partial charge < -0.3 is 9.88 Å². The molecule has 1 aromatic heterocycles. The lowest BCUT2D eigenvalue weighted by molar-refractivity contribution is 0.101. The predicted molar refractivity (Wildman–Crippen MR) is 108 cm³/mol. The number of aromatic nitrogens is 1. The molecule has 2 aromatic carbocycles. The molecule has 3 aromatic rings. The van der Waals surface area contributed by atoms with Crippen LogP contribution in [0.15, 0.2) is 47.4 Å². The van der Waals surface area contributed by atoms with Gasteiger partial charge in [0, 0.05) is 34.4 Å². The zero-order valence-corrected chi connectivity index (χ0v) is 16.1. The standard InChI is InChI=1S/C21H19ClN2O3/c1-4-24-11-17(20(26)16-8-9-18(22)12(2)19(16)24)21(27)23-15-7-5-6-14(10-15)13(3)25/h5-11H,4H2,1-3H3,(H,23,27). The van der Waals surface area contributed by atoms with E-state index in [4.69, 9.17) is 11.6 Å². The van der Waals surface area contributed by atoms with Crippen LogP contribution in [0.2, 0.25) is 5.02 Å². The Kier molecular flexibility index (Phi) is 5.15. The van der Waals surface area contributed by atoms with Crippen molar-refractivity contribution in [2.45, 2.75) is 27.3 Å². The van der Waals surface area contributed by atoms with Crippen LogP contribution in [0, 0.1) is 6.92 Å². The largest absolute Gasteiger partial charge is 0.346 e. The maximum Gasteiger partial charge on any atom is 0.261 e. The second-order valence-corrected chi connectivity index (χ2v) is 6.72. The zero-order chi connectivity index (χ0) is 19.7. The van der Waals surface area contributed by atoms with Gasteiger partial charge in [-0.1, -0.05) is 23.7 Å². The molecule has 0 aliphatic carbocycles. The summed E-state index contributed by atoms with van der Waals surface area (Å²) in [6, 6.07) is 9.93. The first-order chi connectivity index (χ1) is 12.8. The number of carbonyl (C=O) groups excluding carboxylic acids is 2. The van der Waals surface area contributed by atoms with Gasteiger partial charge in [-0.15, -0.1) is 0 Å². The molecule has 6 heteroatoms. The van der Waals surface area contributed by atoms with Crippen LogP contribution >= 0.6 is 11.6 Å². The summed E-state index contributed by atoms with van der Waals surface area (Å²) >= 11 is 6.20. The number of hydrogen-bond acceptors (Lipinski definition) is 3. The minimum Gasteiger partial charge on any atom is -0.346 e. The first kappa shape index (κ1) is 18.9. The summed E-state index contributed by atoms with van der Waals surface area (Å²) in [7, 11) is 0. The predicted octanol–water partition coefficient (Wildman–Crippen LogP) is 4.44. The normalized spacial score (nSPS) is 10.8. The van der Waals surface area contributed by atoms with Crippen LogP contribution in [0.4, 0.5) is 5.69 Å². The average Bonchev–Trinajstić information content (AvgIpc) is 2.65. The molecule has 0 saturated carbocycles. The molecule has 0 aliphatic heterocycles. The van der Waals surface area contributed by atoms with E-state index in [0.717, 1.165) is 11.1 Å². The van der Waals surface area contributed by atoms with Crippen molar-refractivity contribution in [3.05, 3.63) is 74.5 Å². The molecule has 138 valence electrons. The number of ketones is 1. The smallest absolute Gasteiger partial charge is 0.261 e. The van der Waals surface area contributed by atoms with Crippen LogP contribution in [0.1, 0.15) is 40.1 Å². The Bertz CT molecular complexity index is 1130. The first-order valence-electron chi connectivity index (χ1n) is 8.58. The minimum absolute atomic E-state index is 0.0410. The van der Waals surface area contributed by atoms with E-state index in [-0.39, 0.29) is 16.8 Å². The molecule has 1 N–H and O–H groups in total. The molecule has 0 spiro atoms. The Hall–Kier alpha value is -2.92. The molecule has 0 unspecified atom stereocenters. The number of halogens is 1. The quantitative estimate of drug-likeness (QED) is 0.678. The van der Waals surface area contributed by atoms with Crippen LogP contribution in [-0.4, -0.2) is 16.3 Å². The molecule has 0 bridgehead atoms. The van der Waals surface area contributed by atoms with Gasteiger partial charge in [0.15, 0.2) is 5.78 Å². The van der Waals surface area contributed by atoms with Gasteiger partial charge in [-0.25, -0.2) is 0 Å². The maximum atomic E-state index is 12.9. The van der Waals surface area contributed by atoms with E-state index >= 15 is 0 Å². The summed E-state index contributed by atoms with van der Waals surface area (Å²) in [4.78, 5) is 37.2. The van der Waals surface area contributed by atoms with Gasteiger partial charge in [0.05, 0.1) is 5.52 Å². The van der Waals surface area contributed by atoms with Crippen LogP contribution in [0.3, 0.4) is 0 Å². The van der Waals surface area contributed by atoms with Crippen molar-refractivity contribution in [2.75, 3.05) is 5.32 Å². The fourth-order valence-electron chi connectivity index (χ4n) is 3.08. The first-order valence-corrected chi connectivity index (χ1v) is 8.96. The summed E-state index contributed by atoms with van der Waals surface area (Å²) in [5.74, 6) is -0.616. The van der Waals surface area contributed by atoms with E-state index in [9.17, 15) is 14.4 Å². The van der Waals surface area contributed by atoms with E-state index in [1.54, 1.807) is 42.6 Å². The fourth-order valence-corrected chi connectivity index (χ4v) is 3.23. The molecule has 5 nitrogen and oxygen atoms in total. The van der Waals surface area contributed by atoms with Crippen molar-refractivity contribution in [3.8, 4) is 0 Å². The van der Waals surface area contributed by atoms with Gasteiger partial charge in [0.25, 0.3) is 5.91 Å². The van der Waals surface area contributed by atoms with Gasteiger partial charge in [0.1, 0.15) is 5.56 Å². The van der Waals surface area contributed by atoms with E-state index in [0.29, 0.717) is 28.2 Å². The second kappa shape index (κ2) is 7.37. The van der Waals surface area contributed by atoms with E-state index in [1.807, 2.05) is 18.4 Å². The van der Waals surface area contributed by atoms with Crippen molar-refractivity contribution >= 4 is 39.9 Å². The van der Waals surface area contributed by atoms with Crippen molar-refractivity contribution in [3.63, 3.8) is 0 Å². The highest BCUT2D eigenvalue weighted by Gasteiger charge is 2.17. The molecule has 1 amide bonds. The van der Waals surface area contributed by atoms with Gasteiger partial charge in [-0.05, 0) is 50.6 Å². The lowest BCUT2D eigenvalue weighted by Crippen LogP contribution is -2.24.